The summed E-state index contributed by atoms with van der Waals surface area (Å²) in [6.07, 6.45) is 1.14. The molecule has 3 nitrogen and oxygen atoms in total. The molecule has 1 aromatic carbocycles. The predicted octanol–water partition coefficient (Wildman–Crippen LogP) is 1.78. The first-order chi connectivity index (χ1) is 8.13. The van der Waals surface area contributed by atoms with E-state index in [9.17, 15) is 0 Å². The molecule has 0 saturated heterocycles. The highest BCUT2D eigenvalue weighted by atomic mass is 16.3. The molecule has 0 heterocycles. The first-order valence-corrected chi connectivity index (χ1v) is 6.27. The van der Waals surface area contributed by atoms with Gasteiger partial charge in [0.15, 0.2) is 0 Å². The van der Waals surface area contributed by atoms with Crippen molar-refractivity contribution in [2.24, 2.45) is 5.73 Å². The van der Waals surface area contributed by atoms with E-state index in [1.165, 1.54) is 5.56 Å². The van der Waals surface area contributed by atoms with Gasteiger partial charge in [-0.2, -0.15) is 0 Å². The highest BCUT2D eigenvalue weighted by Gasteiger charge is 2.17. The SMILES string of the molecule is CCC(C)c1ccc(C(NC)C(N)CO)cc1. The molecule has 1 aromatic rings. The fourth-order valence-electron chi connectivity index (χ4n) is 2.00. The summed E-state index contributed by atoms with van der Waals surface area (Å²) in [5.41, 5.74) is 8.35. The lowest BCUT2D eigenvalue weighted by atomic mass is 9.94. The van der Waals surface area contributed by atoms with Gasteiger partial charge in [0.2, 0.25) is 0 Å². The fourth-order valence-corrected chi connectivity index (χ4v) is 2.00. The molecule has 1 rings (SSSR count). The zero-order valence-corrected chi connectivity index (χ0v) is 11.0. The summed E-state index contributed by atoms with van der Waals surface area (Å²) in [4.78, 5) is 0. The largest absolute Gasteiger partial charge is 0.395 e. The van der Waals surface area contributed by atoms with Gasteiger partial charge in [-0.25, -0.2) is 0 Å². The topological polar surface area (TPSA) is 58.3 Å². The van der Waals surface area contributed by atoms with Crippen LogP contribution < -0.4 is 11.1 Å². The van der Waals surface area contributed by atoms with Crippen LogP contribution in [0, 0.1) is 0 Å². The first-order valence-electron chi connectivity index (χ1n) is 6.27. The fraction of sp³-hybridized carbons (Fsp3) is 0.571. The maximum Gasteiger partial charge on any atom is 0.0601 e. The van der Waals surface area contributed by atoms with E-state index in [4.69, 9.17) is 10.8 Å². The molecular weight excluding hydrogens is 212 g/mol. The summed E-state index contributed by atoms with van der Waals surface area (Å²) >= 11 is 0. The van der Waals surface area contributed by atoms with Crippen LogP contribution in [0.3, 0.4) is 0 Å². The Bertz CT molecular complexity index is 323. The monoisotopic (exact) mass is 236 g/mol. The minimum absolute atomic E-state index is 0.00554. The molecule has 0 aromatic heterocycles. The molecule has 17 heavy (non-hydrogen) atoms. The van der Waals surface area contributed by atoms with Crippen LogP contribution in [0.5, 0.6) is 0 Å². The van der Waals surface area contributed by atoms with Crippen LogP contribution >= 0.6 is 0 Å². The molecule has 0 aliphatic carbocycles. The van der Waals surface area contributed by atoms with Crippen molar-refractivity contribution in [3.63, 3.8) is 0 Å². The standard InChI is InChI=1S/C14H24N2O/c1-4-10(2)11-5-7-12(8-6-11)14(16-3)13(15)9-17/h5-8,10,13-14,16-17H,4,9,15H2,1-3H3. The van der Waals surface area contributed by atoms with Crippen LogP contribution in [0.25, 0.3) is 0 Å². The third kappa shape index (κ3) is 3.53. The molecule has 0 radical (unpaired) electrons. The van der Waals surface area contributed by atoms with E-state index in [0.29, 0.717) is 5.92 Å². The van der Waals surface area contributed by atoms with E-state index in [0.717, 1.165) is 12.0 Å². The maximum atomic E-state index is 9.11. The van der Waals surface area contributed by atoms with Gasteiger partial charge in [-0.1, -0.05) is 38.1 Å². The molecule has 0 spiro atoms. The third-order valence-corrected chi connectivity index (χ3v) is 3.43. The Morgan fingerprint density at radius 3 is 2.18 bits per heavy atom. The molecular formula is C14H24N2O. The van der Waals surface area contributed by atoms with Crippen molar-refractivity contribution < 1.29 is 5.11 Å². The van der Waals surface area contributed by atoms with Crippen molar-refractivity contribution >= 4 is 0 Å². The Balaban J connectivity index is 2.85. The Hall–Kier alpha value is -0.900. The van der Waals surface area contributed by atoms with Gasteiger partial charge in [0, 0.05) is 12.1 Å². The molecule has 3 unspecified atom stereocenters. The lowest BCUT2D eigenvalue weighted by Crippen LogP contribution is -2.38. The summed E-state index contributed by atoms with van der Waals surface area (Å²) < 4.78 is 0. The van der Waals surface area contributed by atoms with Gasteiger partial charge >= 0.3 is 0 Å². The van der Waals surface area contributed by atoms with Gasteiger partial charge in [0.1, 0.15) is 0 Å². The smallest absolute Gasteiger partial charge is 0.0601 e. The van der Waals surface area contributed by atoms with Gasteiger partial charge in [0.05, 0.1) is 6.61 Å². The number of benzene rings is 1. The van der Waals surface area contributed by atoms with Crippen molar-refractivity contribution in [3.05, 3.63) is 35.4 Å². The Morgan fingerprint density at radius 2 is 1.76 bits per heavy atom. The number of hydrogen-bond donors (Lipinski definition) is 3. The van der Waals surface area contributed by atoms with Crippen LogP contribution in [0.4, 0.5) is 0 Å². The van der Waals surface area contributed by atoms with Gasteiger partial charge in [-0.05, 0) is 30.5 Å². The number of nitrogens with two attached hydrogens (primary N) is 1. The van der Waals surface area contributed by atoms with E-state index < -0.39 is 0 Å². The lowest BCUT2D eigenvalue weighted by Gasteiger charge is -2.22. The second-order valence-corrected chi connectivity index (χ2v) is 4.59. The molecule has 0 aliphatic rings. The summed E-state index contributed by atoms with van der Waals surface area (Å²) in [7, 11) is 1.86. The Labute approximate surface area is 104 Å². The number of rotatable bonds is 6. The zero-order chi connectivity index (χ0) is 12.8. The zero-order valence-electron chi connectivity index (χ0n) is 11.0. The minimum atomic E-state index is -0.269. The van der Waals surface area contributed by atoms with E-state index in [1.54, 1.807) is 0 Å². The van der Waals surface area contributed by atoms with Crippen molar-refractivity contribution in [2.45, 2.75) is 38.3 Å². The molecule has 0 fully saturated rings. The van der Waals surface area contributed by atoms with Crippen LogP contribution in [0.1, 0.15) is 43.4 Å². The number of hydrogen-bond acceptors (Lipinski definition) is 3. The molecule has 0 aliphatic heterocycles. The Kier molecular flexibility index (Phi) is 5.62. The van der Waals surface area contributed by atoms with Crippen LogP contribution in [-0.4, -0.2) is 24.8 Å². The minimum Gasteiger partial charge on any atom is -0.395 e. The second kappa shape index (κ2) is 6.74. The summed E-state index contributed by atoms with van der Waals surface area (Å²) in [5, 5.41) is 12.3. The Morgan fingerprint density at radius 1 is 1.24 bits per heavy atom. The second-order valence-electron chi connectivity index (χ2n) is 4.59. The van der Waals surface area contributed by atoms with Crippen molar-refractivity contribution in [2.75, 3.05) is 13.7 Å². The van der Waals surface area contributed by atoms with Gasteiger partial charge < -0.3 is 16.2 Å². The predicted molar refractivity (Wildman–Crippen MR) is 72.0 cm³/mol. The molecule has 4 N–H and O–H groups in total. The lowest BCUT2D eigenvalue weighted by molar-refractivity contribution is 0.240. The van der Waals surface area contributed by atoms with Gasteiger partial charge in [-0.3, -0.25) is 0 Å². The van der Waals surface area contributed by atoms with Crippen molar-refractivity contribution in [1.82, 2.24) is 5.32 Å². The summed E-state index contributed by atoms with van der Waals surface area (Å²) in [6.45, 7) is 4.40. The highest BCUT2D eigenvalue weighted by Crippen LogP contribution is 2.22. The number of aliphatic hydroxyl groups is 1. The molecule has 0 amide bonds. The van der Waals surface area contributed by atoms with E-state index in [2.05, 4.69) is 43.4 Å². The molecule has 0 saturated carbocycles. The molecule has 3 atom stereocenters. The first kappa shape index (κ1) is 14.2. The van der Waals surface area contributed by atoms with Crippen LogP contribution in [0.15, 0.2) is 24.3 Å². The van der Waals surface area contributed by atoms with E-state index >= 15 is 0 Å². The van der Waals surface area contributed by atoms with E-state index in [1.807, 2.05) is 7.05 Å². The maximum absolute atomic E-state index is 9.11. The quantitative estimate of drug-likeness (QED) is 0.705. The highest BCUT2D eigenvalue weighted by molar-refractivity contribution is 5.28. The number of nitrogens with one attached hydrogen (secondary N) is 1. The van der Waals surface area contributed by atoms with Crippen molar-refractivity contribution in [1.29, 1.82) is 0 Å². The summed E-state index contributed by atoms with van der Waals surface area (Å²) in [5.74, 6) is 0.587. The molecule has 96 valence electrons. The van der Waals surface area contributed by atoms with Gasteiger partial charge in [-0.15, -0.1) is 0 Å². The van der Waals surface area contributed by atoms with Crippen LogP contribution in [-0.2, 0) is 0 Å². The van der Waals surface area contributed by atoms with E-state index in [-0.39, 0.29) is 18.7 Å². The van der Waals surface area contributed by atoms with Crippen LogP contribution in [0.2, 0.25) is 0 Å². The number of aliphatic hydroxyl groups excluding tert-OH is 1. The third-order valence-electron chi connectivity index (χ3n) is 3.43. The molecule has 3 heteroatoms. The average molecular weight is 236 g/mol. The average Bonchev–Trinajstić information content (AvgIpc) is 2.39. The summed E-state index contributed by atoms with van der Waals surface area (Å²) in [6, 6.07) is 8.23. The number of likely N-dealkylation sites (N-methyl/N-ethyl adjacent to an activating group) is 1. The normalized spacial score (nSPS) is 16.5. The molecule has 0 bridgehead atoms. The van der Waals surface area contributed by atoms with Crippen molar-refractivity contribution in [3.8, 4) is 0 Å². The van der Waals surface area contributed by atoms with Gasteiger partial charge in [0.25, 0.3) is 0 Å².